The van der Waals surface area contributed by atoms with Gasteiger partial charge in [-0.1, -0.05) is 6.07 Å². The zero-order valence-corrected chi connectivity index (χ0v) is 12.7. The second-order valence-corrected chi connectivity index (χ2v) is 5.99. The maximum Gasteiger partial charge on any atom is 0.0366 e. The van der Waals surface area contributed by atoms with Gasteiger partial charge in [-0.05, 0) is 57.1 Å². The molecule has 0 unspecified atom stereocenters. The van der Waals surface area contributed by atoms with Gasteiger partial charge in [0.1, 0.15) is 0 Å². The monoisotopic (exact) mass is 261 g/mol. The van der Waals surface area contributed by atoms with Gasteiger partial charge in [-0.15, -0.1) is 0 Å². The second-order valence-electron chi connectivity index (χ2n) is 5.99. The lowest BCUT2D eigenvalue weighted by atomic mass is 10.1. The summed E-state index contributed by atoms with van der Waals surface area (Å²) in [6.07, 6.45) is 2.70. The molecule has 0 radical (unpaired) electrons. The molecule has 0 aliphatic heterocycles. The SMILES string of the molecule is Cc1cc(N(C)CCN(C)C)ccc1CNC1CC1. The van der Waals surface area contributed by atoms with Crippen molar-refractivity contribution in [3.05, 3.63) is 29.3 Å². The summed E-state index contributed by atoms with van der Waals surface area (Å²) in [6.45, 7) is 5.37. The molecule has 1 saturated carbocycles. The topological polar surface area (TPSA) is 18.5 Å². The third-order valence-corrected chi connectivity index (χ3v) is 3.81. The highest BCUT2D eigenvalue weighted by molar-refractivity contribution is 5.50. The van der Waals surface area contributed by atoms with Crippen LogP contribution in [0.2, 0.25) is 0 Å². The summed E-state index contributed by atoms with van der Waals surface area (Å²) >= 11 is 0. The van der Waals surface area contributed by atoms with Crippen LogP contribution in [0.25, 0.3) is 0 Å². The van der Waals surface area contributed by atoms with E-state index in [0.29, 0.717) is 0 Å². The van der Waals surface area contributed by atoms with Crippen LogP contribution in [0.4, 0.5) is 5.69 Å². The zero-order valence-electron chi connectivity index (χ0n) is 12.7. The van der Waals surface area contributed by atoms with E-state index in [1.165, 1.54) is 29.7 Å². The molecule has 3 nitrogen and oxygen atoms in total. The molecule has 1 fully saturated rings. The lowest BCUT2D eigenvalue weighted by Gasteiger charge is -2.22. The van der Waals surface area contributed by atoms with E-state index in [1.807, 2.05) is 0 Å². The molecule has 1 N–H and O–H groups in total. The van der Waals surface area contributed by atoms with Crippen LogP contribution in [-0.4, -0.2) is 45.2 Å². The van der Waals surface area contributed by atoms with Crippen molar-refractivity contribution in [2.24, 2.45) is 0 Å². The minimum Gasteiger partial charge on any atom is -0.373 e. The molecule has 0 amide bonds. The van der Waals surface area contributed by atoms with E-state index in [0.717, 1.165) is 25.7 Å². The average Bonchev–Trinajstić information content (AvgIpc) is 3.18. The molecule has 1 aliphatic carbocycles. The molecular weight excluding hydrogens is 234 g/mol. The first-order valence-electron chi connectivity index (χ1n) is 7.25. The second kappa shape index (κ2) is 6.40. The standard InChI is InChI=1S/C16H27N3/c1-13-11-16(19(4)10-9-18(2)3)8-5-14(13)12-17-15-6-7-15/h5,8,11,15,17H,6-7,9-10,12H2,1-4H3. The summed E-state index contributed by atoms with van der Waals surface area (Å²) in [5.74, 6) is 0. The number of benzene rings is 1. The summed E-state index contributed by atoms with van der Waals surface area (Å²) in [7, 11) is 6.40. The fraction of sp³-hybridized carbons (Fsp3) is 0.625. The Balaban J connectivity index is 1.92. The van der Waals surface area contributed by atoms with Crippen LogP contribution in [0.5, 0.6) is 0 Å². The van der Waals surface area contributed by atoms with Gasteiger partial charge in [0.05, 0.1) is 0 Å². The molecule has 1 aliphatic rings. The van der Waals surface area contributed by atoms with Gasteiger partial charge in [0.15, 0.2) is 0 Å². The smallest absolute Gasteiger partial charge is 0.0366 e. The summed E-state index contributed by atoms with van der Waals surface area (Å²) in [6, 6.07) is 7.60. The van der Waals surface area contributed by atoms with Crippen molar-refractivity contribution in [2.45, 2.75) is 32.4 Å². The van der Waals surface area contributed by atoms with Crippen LogP contribution >= 0.6 is 0 Å². The Morgan fingerprint density at radius 1 is 1.16 bits per heavy atom. The number of nitrogens with one attached hydrogen (secondary N) is 1. The van der Waals surface area contributed by atoms with Crippen molar-refractivity contribution >= 4 is 5.69 Å². The van der Waals surface area contributed by atoms with Gasteiger partial charge in [-0.3, -0.25) is 0 Å². The highest BCUT2D eigenvalue weighted by Crippen LogP contribution is 2.22. The van der Waals surface area contributed by atoms with Crippen LogP contribution in [0, 0.1) is 6.92 Å². The van der Waals surface area contributed by atoms with Gasteiger partial charge < -0.3 is 15.1 Å². The van der Waals surface area contributed by atoms with E-state index in [2.05, 4.69) is 61.4 Å². The maximum atomic E-state index is 3.58. The van der Waals surface area contributed by atoms with E-state index in [4.69, 9.17) is 0 Å². The first kappa shape index (κ1) is 14.4. The van der Waals surface area contributed by atoms with Crippen molar-refractivity contribution in [3.63, 3.8) is 0 Å². The fourth-order valence-electron chi connectivity index (χ4n) is 2.14. The number of anilines is 1. The molecule has 2 rings (SSSR count). The first-order chi connectivity index (χ1) is 9.06. The summed E-state index contributed by atoms with van der Waals surface area (Å²) in [5.41, 5.74) is 4.13. The van der Waals surface area contributed by atoms with E-state index in [9.17, 15) is 0 Å². The molecule has 0 heterocycles. The first-order valence-corrected chi connectivity index (χ1v) is 7.25. The minimum atomic E-state index is 0.779. The third-order valence-electron chi connectivity index (χ3n) is 3.81. The van der Waals surface area contributed by atoms with Crippen molar-refractivity contribution in [1.29, 1.82) is 0 Å². The van der Waals surface area contributed by atoms with Crippen molar-refractivity contribution in [1.82, 2.24) is 10.2 Å². The quantitative estimate of drug-likeness (QED) is 0.812. The highest BCUT2D eigenvalue weighted by Gasteiger charge is 2.20. The van der Waals surface area contributed by atoms with Crippen LogP contribution in [0.15, 0.2) is 18.2 Å². The van der Waals surface area contributed by atoms with Crippen LogP contribution in [-0.2, 0) is 6.54 Å². The Labute approximate surface area is 117 Å². The normalized spacial score (nSPS) is 15.0. The van der Waals surface area contributed by atoms with Gasteiger partial charge in [-0.2, -0.15) is 0 Å². The Bertz CT molecular complexity index is 410. The van der Waals surface area contributed by atoms with Crippen LogP contribution in [0.1, 0.15) is 24.0 Å². The van der Waals surface area contributed by atoms with E-state index >= 15 is 0 Å². The molecule has 19 heavy (non-hydrogen) atoms. The predicted octanol–water partition coefficient (Wildman–Crippen LogP) is 2.24. The number of hydrogen-bond donors (Lipinski definition) is 1. The molecule has 1 aromatic carbocycles. The predicted molar refractivity (Wildman–Crippen MR) is 82.9 cm³/mol. The fourth-order valence-corrected chi connectivity index (χ4v) is 2.14. The molecule has 0 spiro atoms. The number of likely N-dealkylation sites (N-methyl/N-ethyl adjacent to an activating group) is 2. The molecule has 1 aromatic rings. The Morgan fingerprint density at radius 3 is 2.47 bits per heavy atom. The van der Waals surface area contributed by atoms with Gasteiger partial charge in [-0.25, -0.2) is 0 Å². The van der Waals surface area contributed by atoms with Crippen LogP contribution < -0.4 is 10.2 Å². The molecular formula is C16H27N3. The summed E-state index contributed by atoms with van der Waals surface area (Å²) in [5, 5.41) is 3.58. The van der Waals surface area contributed by atoms with Crippen molar-refractivity contribution in [2.75, 3.05) is 39.1 Å². The van der Waals surface area contributed by atoms with E-state index in [1.54, 1.807) is 0 Å². The van der Waals surface area contributed by atoms with Crippen molar-refractivity contribution in [3.8, 4) is 0 Å². The van der Waals surface area contributed by atoms with E-state index in [-0.39, 0.29) is 0 Å². The number of nitrogens with zero attached hydrogens (tertiary/aromatic N) is 2. The number of rotatable bonds is 7. The van der Waals surface area contributed by atoms with Gasteiger partial charge in [0, 0.05) is 38.4 Å². The molecule has 106 valence electrons. The van der Waals surface area contributed by atoms with Gasteiger partial charge in [0.2, 0.25) is 0 Å². The van der Waals surface area contributed by atoms with Gasteiger partial charge in [0.25, 0.3) is 0 Å². The molecule has 0 aromatic heterocycles. The highest BCUT2D eigenvalue weighted by atomic mass is 15.1. The number of hydrogen-bond acceptors (Lipinski definition) is 3. The molecule has 0 bridgehead atoms. The lowest BCUT2D eigenvalue weighted by molar-refractivity contribution is 0.416. The third kappa shape index (κ3) is 4.51. The summed E-state index contributed by atoms with van der Waals surface area (Å²) in [4.78, 5) is 4.54. The molecule has 0 atom stereocenters. The summed E-state index contributed by atoms with van der Waals surface area (Å²) < 4.78 is 0. The van der Waals surface area contributed by atoms with Crippen molar-refractivity contribution < 1.29 is 0 Å². The van der Waals surface area contributed by atoms with Crippen LogP contribution in [0.3, 0.4) is 0 Å². The lowest BCUT2D eigenvalue weighted by Crippen LogP contribution is -2.28. The molecule has 3 heteroatoms. The Morgan fingerprint density at radius 2 is 1.89 bits per heavy atom. The Kier molecular flexibility index (Phi) is 4.83. The van der Waals surface area contributed by atoms with Gasteiger partial charge >= 0.3 is 0 Å². The zero-order chi connectivity index (χ0) is 13.8. The largest absolute Gasteiger partial charge is 0.373 e. The molecule has 0 saturated heterocycles. The maximum absolute atomic E-state index is 3.58. The Hall–Kier alpha value is -1.06. The average molecular weight is 261 g/mol. The van der Waals surface area contributed by atoms with E-state index < -0.39 is 0 Å². The minimum absolute atomic E-state index is 0.779. The number of aryl methyl sites for hydroxylation is 1.